The Labute approximate surface area is 122 Å². The largest absolute Gasteiger partial charge is 0.396 e. The first-order valence-corrected chi connectivity index (χ1v) is 7.29. The molecule has 5 heteroatoms. The summed E-state index contributed by atoms with van der Waals surface area (Å²) in [4.78, 5) is 0. The number of halogens is 1. The van der Waals surface area contributed by atoms with E-state index in [1.807, 2.05) is 16.8 Å². The second-order valence-electron chi connectivity index (χ2n) is 5.14. The zero-order valence-electron chi connectivity index (χ0n) is 11.1. The van der Waals surface area contributed by atoms with Crippen molar-refractivity contribution < 1.29 is 5.11 Å². The minimum Gasteiger partial charge on any atom is -0.396 e. The van der Waals surface area contributed by atoms with Gasteiger partial charge in [-0.1, -0.05) is 28.7 Å². The van der Waals surface area contributed by atoms with Crippen LogP contribution in [0.15, 0.2) is 12.1 Å². The average Bonchev–Trinajstić information content (AvgIpc) is 3.17. The van der Waals surface area contributed by atoms with Crippen LogP contribution < -0.4 is 0 Å². The van der Waals surface area contributed by atoms with Gasteiger partial charge in [-0.2, -0.15) is 0 Å². The van der Waals surface area contributed by atoms with Crippen LogP contribution in [-0.2, 0) is 6.54 Å². The Morgan fingerprint density at radius 1 is 1.40 bits per heavy atom. The van der Waals surface area contributed by atoms with Gasteiger partial charge in [-0.05, 0) is 37.3 Å². The van der Waals surface area contributed by atoms with Gasteiger partial charge in [0.05, 0.1) is 10.5 Å². The maximum atomic E-state index is 8.72. The van der Waals surface area contributed by atoms with Gasteiger partial charge in [-0.3, -0.25) is 0 Å². The molecule has 1 aromatic carbocycles. The fraction of sp³-hybridized carbons (Fsp3) is 0.467. The average molecular weight is 290 g/mol. The highest BCUT2D eigenvalue weighted by Gasteiger charge is 2.23. The first-order chi connectivity index (χ1) is 9.79. The number of aromatic nitrogens is 3. The van der Waals surface area contributed by atoms with Gasteiger partial charge in [0.2, 0.25) is 0 Å². The number of aliphatic hydroxyl groups excluding tert-OH is 1. The molecule has 20 heavy (non-hydrogen) atoms. The van der Waals surface area contributed by atoms with Crippen LogP contribution in [0.5, 0.6) is 0 Å². The number of rotatable bonds is 4. The second kappa shape index (κ2) is 5.82. The fourth-order valence-corrected chi connectivity index (χ4v) is 2.35. The summed E-state index contributed by atoms with van der Waals surface area (Å²) in [5, 5.41) is 17.7. The molecule has 0 bridgehead atoms. The lowest BCUT2D eigenvalue weighted by molar-refractivity contribution is 0.290. The number of benzene rings is 1. The molecule has 1 aliphatic rings. The Balaban J connectivity index is 1.87. The Bertz CT molecular complexity index is 679. The van der Waals surface area contributed by atoms with Crippen molar-refractivity contribution in [1.82, 2.24) is 15.0 Å². The molecule has 0 radical (unpaired) electrons. The molecular formula is C15H16ClN3O. The monoisotopic (exact) mass is 289 g/mol. The predicted molar refractivity (Wildman–Crippen MR) is 78.5 cm³/mol. The Morgan fingerprint density at radius 3 is 3.00 bits per heavy atom. The summed E-state index contributed by atoms with van der Waals surface area (Å²) < 4.78 is 1.93. The molecule has 1 saturated carbocycles. The van der Waals surface area contributed by atoms with Crippen LogP contribution in [0.25, 0.3) is 11.0 Å². The molecule has 0 unspecified atom stereocenters. The van der Waals surface area contributed by atoms with Crippen molar-refractivity contribution in [3.8, 4) is 11.8 Å². The summed E-state index contributed by atoms with van der Waals surface area (Å²) in [6.45, 7) is 1.09. The summed E-state index contributed by atoms with van der Waals surface area (Å²) in [6, 6.07) is 3.91. The number of fused-ring (bicyclic) bond motifs is 1. The summed E-state index contributed by atoms with van der Waals surface area (Å²) in [5.41, 5.74) is 2.47. The molecule has 2 aromatic rings. The molecule has 1 fully saturated rings. The van der Waals surface area contributed by atoms with E-state index in [1.165, 1.54) is 12.8 Å². The van der Waals surface area contributed by atoms with Crippen molar-refractivity contribution in [2.24, 2.45) is 5.92 Å². The molecule has 0 spiro atoms. The molecule has 0 atom stereocenters. The van der Waals surface area contributed by atoms with E-state index < -0.39 is 0 Å². The highest BCUT2D eigenvalue weighted by molar-refractivity contribution is 6.36. The van der Waals surface area contributed by atoms with Crippen LogP contribution in [0.3, 0.4) is 0 Å². The van der Waals surface area contributed by atoms with Gasteiger partial charge in [0.25, 0.3) is 0 Å². The zero-order valence-corrected chi connectivity index (χ0v) is 11.9. The van der Waals surface area contributed by atoms with Gasteiger partial charge in [0.15, 0.2) is 0 Å². The van der Waals surface area contributed by atoms with Gasteiger partial charge >= 0.3 is 0 Å². The normalized spacial score (nSPS) is 14.3. The fourth-order valence-electron chi connectivity index (χ4n) is 2.11. The first-order valence-electron chi connectivity index (χ1n) is 6.91. The number of hydrogen-bond acceptors (Lipinski definition) is 3. The molecule has 4 nitrogen and oxygen atoms in total. The molecule has 3 rings (SSSR count). The summed E-state index contributed by atoms with van der Waals surface area (Å²) >= 11 is 6.35. The molecule has 0 saturated heterocycles. The number of nitrogens with zero attached hydrogens (tertiary/aromatic N) is 3. The molecule has 1 aromatic heterocycles. The molecular weight excluding hydrogens is 274 g/mol. The number of aliphatic hydroxyl groups is 1. The third kappa shape index (κ3) is 2.79. The quantitative estimate of drug-likeness (QED) is 0.695. The number of unbranched alkanes of at least 4 members (excludes halogenated alkanes) is 1. The smallest absolute Gasteiger partial charge is 0.133 e. The van der Waals surface area contributed by atoms with Gasteiger partial charge in [0.1, 0.15) is 5.52 Å². The van der Waals surface area contributed by atoms with Gasteiger partial charge in [-0.15, -0.1) is 5.10 Å². The van der Waals surface area contributed by atoms with Gasteiger partial charge < -0.3 is 5.11 Å². The van der Waals surface area contributed by atoms with Gasteiger partial charge in [0, 0.05) is 25.1 Å². The lowest BCUT2D eigenvalue weighted by Gasteiger charge is -2.01. The Kier molecular flexibility index (Phi) is 3.90. The van der Waals surface area contributed by atoms with E-state index in [0.717, 1.165) is 29.1 Å². The summed E-state index contributed by atoms with van der Waals surface area (Å²) in [5.74, 6) is 6.79. The standard InChI is InChI=1S/C15H16ClN3O/c16-14-12(4-2-1-3-9-20)7-8-13-15(14)17-18-19(13)10-11-5-6-11/h7-8,11,20H,1,3,5-6,9-10H2. The molecule has 1 N–H and O–H groups in total. The topological polar surface area (TPSA) is 50.9 Å². The van der Waals surface area contributed by atoms with E-state index >= 15 is 0 Å². The summed E-state index contributed by atoms with van der Waals surface area (Å²) in [6.07, 6.45) is 3.91. The maximum Gasteiger partial charge on any atom is 0.133 e. The Morgan fingerprint density at radius 2 is 2.25 bits per heavy atom. The zero-order chi connectivity index (χ0) is 13.9. The minimum absolute atomic E-state index is 0.164. The highest BCUT2D eigenvalue weighted by Crippen LogP contribution is 2.32. The first kappa shape index (κ1) is 13.4. The molecule has 0 amide bonds. The SMILES string of the molecule is OCCCC#Cc1ccc2c(nnn2CC2CC2)c1Cl. The van der Waals surface area contributed by atoms with E-state index in [4.69, 9.17) is 16.7 Å². The lowest BCUT2D eigenvalue weighted by Crippen LogP contribution is -2.01. The van der Waals surface area contributed by atoms with E-state index in [-0.39, 0.29) is 6.61 Å². The van der Waals surface area contributed by atoms with Crippen molar-refractivity contribution in [2.75, 3.05) is 6.61 Å². The number of hydrogen-bond donors (Lipinski definition) is 1. The van der Waals surface area contributed by atoms with Crippen LogP contribution in [0.2, 0.25) is 5.02 Å². The van der Waals surface area contributed by atoms with Crippen molar-refractivity contribution in [1.29, 1.82) is 0 Å². The second-order valence-corrected chi connectivity index (χ2v) is 5.52. The van der Waals surface area contributed by atoms with Crippen molar-refractivity contribution in [3.63, 3.8) is 0 Å². The van der Waals surface area contributed by atoms with Crippen LogP contribution in [0.1, 0.15) is 31.2 Å². The van der Waals surface area contributed by atoms with E-state index in [0.29, 0.717) is 17.9 Å². The summed E-state index contributed by atoms with van der Waals surface area (Å²) in [7, 11) is 0. The van der Waals surface area contributed by atoms with E-state index in [1.54, 1.807) is 0 Å². The van der Waals surface area contributed by atoms with Crippen molar-refractivity contribution in [3.05, 3.63) is 22.7 Å². The third-order valence-corrected chi connectivity index (χ3v) is 3.82. The molecule has 1 aliphatic carbocycles. The lowest BCUT2D eigenvalue weighted by atomic mass is 10.2. The Hall–Kier alpha value is -1.57. The maximum absolute atomic E-state index is 8.72. The van der Waals surface area contributed by atoms with Crippen LogP contribution in [-0.4, -0.2) is 26.7 Å². The van der Waals surface area contributed by atoms with Crippen LogP contribution >= 0.6 is 11.6 Å². The molecule has 104 valence electrons. The molecule has 1 heterocycles. The highest BCUT2D eigenvalue weighted by atomic mass is 35.5. The van der Waals surface area contributed by atoms with Crippen molar-refractivity contribution >= 4 is 22.6 Å². The third-order valence-electron chi connectivity index (χ3n) is 3.44. The van der Waals surface area contributed by atoms with Crippen LogP contribution in [0, 0.1) is 17.8 Å². The van der Waals surface area contributed by atoms with E-state index in [2.05, 4.69) is 22.2 Å². The van der Waals surface area contributed by atoms with Gasteiger partial charge in [-0.25, -0.2) is 4.68 Å². The predicted octanol–water partition coefficient (Wildman–Crippen LogP) is 2.62. The van der Waals surface area contributed by atoms with Crippen molar-refractivity contribution in [2.45, 2.75) is 32.2 Å². The molecule has 0 aliphatic heterocycles. The van der Waals surface area contributed by atoms with E-state index in [9.17, 15) is 0 Å². The minimum atomic E-state index is 0.164. The van der Waals surface area contributed by atoms with Crippen LogP contribution in [0.4, 0.5) is 0 Å².